The van der Waals surface area contributed by atoms with E-state index < -0.39 is 5.97 Å². The van der Waals surface area contributed by atoms with Gasteiger partial charge in [0.25, 0.3) is 0 Å². The first-order valence-corrected chi connectivity index (χ1v) is 6.38. The van der Waals surface area contributed by atoms with Crippen LogP contribution in [0.4, 0.5) is 11.4 Å². The van der Waals surface area contributed by atoms with E-state index in [0.29, 0.717) is 10.7 Å². The first-order valence-electron chi connectivity index (χ1n) is 6.00. The summed E-state index contributed by atoms with van der Waals surface area (Å²) in [5.74, 6) is -0.657. The summed E-state index contributed by atoms with van der Waals surface area (Å²) in [6.07, 6.45) is 1.32. The number of benzene rings is 1. The molecule has 5 nitrogen and oxygen atoms in total. The van der Waals surface area contributed by atoms with Gasteiger partial charge in [-0.2, -0.15) is 5.26 Å². The van der Waals surface area contributed by atoms with Gasteiger partial charge >= 0.3 is 5.97 Å². The number of carbonyl (C=O) groups is 1. The highest BCUT2D eigenvalue weighted by atomic mass is 35.5. The van der Waals surface area contributed by atoms with Gasteiger partial charge in [-0.05, 0) is 25.1 Å². The number of esters is 1. The molecule has 0 aliphatic heterocycles. The maximum atomic E-state index is 11.5. The molecule has 0 fully saturated rings. The summed E-state index contributed by atoms with van der Waals surface area (Å²) in [7, 11) is 3.77. The molecule has 0 spiro atoms. The van der Waals surface area contributed by atoms with Crippen molar-refractivity contribution in [1.29, 1.82) is 5.26 Å². The summed E-state index contributed by atoms with van der Waals surface area (Å²) < 4.78 is 4.78. The fraction of sp³-hybridized carbons (Fsp3) is 0.286. The highest BCUT2D eigenvalue weighted by Gasteiger charge is 2.10. The number of rotatable bonds is 5. The van der Waals surface area contributed by atoms with Crippen molar-refractivity contribution in [3.05, 3.63) is 35.0 Å². The topological polar surface area (TPSA) is 65.4 Å². The molecule has 0 amide bonds. The fourth-order valence-electron chi connectivity index (χ4n) is 1.51. The van der Waals surface area contributed by atoms with Crippen molar-refractivity contribution < 1.29 is 9.53 Å². The lowest BCUT2D eigenvalue weighted by Gasteiger charge is -2.17. The molecule has 0 saturated carbocycles. The van der Waals surface area contributed by atoms with E-state index in [1.807, 2.05) is 25.1 Å². The second-order valence-electron chi connectivity index (χ2n) is 4.09. The highest BCUT2D eigenvalue weighted by Crippen LogP contribution is 2.27. The monoisotopic (exact) mass is 293 g/mol. The van der Waals surface area contributed by atoms with Crippen molar-refractivity contribution in [2.45, 2.75) is 6.92 Å². The van der Waals surface area contributed by atoms with Crippen LogP contribution in [0.15, 0.2) is 30.0 Å². The Labute approximate surface area is 123 Å². The molecule has 0 radical (unpaired) electrons. The van der Waals surface area contributed by atoms with Crippen LogP contribution in [0.25, 0.3) is 0 Å². The molecule has 0 unspecified atom stereocenters. The lowest BCUT2D eigenvalue weighted by Crippen LogP contribution is -2.12. The number of anilines is 2. The predicted octanol–water partition coefficient (Wildman–Crippen LogP) is 2.79. The van der Waals surface area contributed by atoms with E-state index in [1.165, 1.54) is 6.20 Å². The largest absolute Gasteiger partial charge is 0.462 e. The zero-order valence-corrected chi connectivity index (χ0v) is 12.4. The number of nitriles is 1. The van der Waals surface area contributed by atoms with Gasteiger partial charge in [-0.1, -0.05) is 11.6 Å². The quantitative estimate of drug-likeness (QED) is 0.514. The Balaban J connectivity index is 3.01. The highest BCUT2D eigenvalue weighted by molar-refractivity contribution is 6.31. The van der Waals surface area contributed by atoms with Crippen LogP contribution in [0, 0.1) is 11.3 Å². The van der Waals surface area contributed by atoms with E-state index in [-0.39, 0.29) is 12.2 Å². The molecule has 1 rings (SSSR count). The maximum Gasteiger partial charge on any atom is 0.350 e. The molecule has 20 heavy (non-hydrogen) atoms. The average molecular weight is 294 g/mol. The minimum absolute atomic E-state index is 0.100. The minimum Gasteiger partial charge on any atom is -0.462 e. The number of hydrogen-bond acceptors (Lipinski definition) is 5. The Bertz CT molecular complexity index is 562. The van der Waals surface area contributed by atoms with Gasteiger partial charge < -0.3 is 15.0 Å². The lowest BCUT2D eigenvalue weighted by molar-refractivity contribution is -0.138. The van der Waals surface area contributed by atoms with Crippen molar-refractivity contribution in [2.24, 2.45) is 0 Å². The third kappa shape index (κ3) is 4.18. The second kappa shape index (κ2) is 7.41. The Hall–Kier alpha value is -2.19. The molecule has 0 bridgehead atoms. The van der Waals surface area contributed by atoms with Gasteiger partial charge in [0.05, 0.1) is 18.0 Å². The van der Waals surface area contributed by atoms with Crippen LogP contribution in [0.5, 0.6) is 0 Å². The normalized spacial score (nSPS) is 10.7. The van der Waals surface area contributed by atoms with Crippen LogP contribution in [0.2, 0.25) is 5.02 Å². The lowest BCUT2D eigenvalue weighted by atomic mass is 10.2. The molecule has 0 saturated heterocycles. The Morgan fingerprint density at radius 2 is 2.25 bits per heavy atom. The summed E-state index contributed by atoms with van der Waals surface area (Å²) in [5.41, 5.74) is 1.47. The Morgan fingerprint density at radius 1 is 1.55 bits per heavy atom. The first-order chi connectivity index (χ1) is 9.49. The van der Waals surface area contributed by atoms with Crippen molar-refractivity contribution in [3.63, 3.8) is 0 Å². The molecule has 1 N–H and O–H groups in total. The number of nitrogens with one attached hydrogen (secondary N) is 1. The third-order valence-electron chi connectivity index (χ3n) is 2.43. The van der Waals surface area contributed by atoms with Gasteiger partial charge in [0.15, 0.2) is 5.57 Å². The summed E-state index contributed by atoms with van der Waals surface area (Å²) in [6, 6.07) is 7.12. The molecule has 0 heterocycles. The van der Waals surface area contributed by atoms with Gasteiger partial charge in [0, 0.05) is 25.3 Å². The molecule has 1 aromatic rings. The van der Waals surface area contributed by atoms with E-state index in [9.17, 15) is 4.79 Å². The van der Waals surface area contributed by atoms with Crippen LogP contribution in [0.1, 0.15) is 6.92 Å². The molecule has 106 valence electrons. The molecule has 0 atom stereocenters. The van der Waals surface area contributed by atoms with Gasteiger partial charge in [-0.15, -0.1) is 0 Å². The summed E-state index contributed by atoms with van der Waals surface area (Å²) in [5, 5.41) is 12.4. The zero-order chi connectivity index (χ0) is 15.1. The molecule has 0 aliphatic rings. The molecule has 1 aromatic carbocycles. The third-order valence-corrected chi connectivity index (χ3v) is 2.66. The summed E-state index contributed by atoms with van der Waals surface area (Å²) in [6.45, 7) is 1.90. The van der Waals surface area contributed by atoms with E-state index in [4.69, 9.17) is 21.6 Å². The second-order valence-corrected chi connectivity index (χ2v) is 4.53. The number of carbonyl (C=O) groups excluding carboxylic acids is 1. The van der Waals surface area contributed by atoms with Crippen molar-refractivity contribution in [1.82, 2.24) is 0 Å². The zero-order valence-electron chi connectivity index (χ0n) is 11.6. The Morgan fingerprint density at radius 3 is 2.80 bits per heavy atom. The molecular formula is C14H16ClN3O2. The van der Waals surface area contributed by atoms with Crippen LogP contribution >= 0.6 is 11.6 Å². The van der Waals surface area contributed by atoms with Crippen LogP contribution in [-0.2, 0) is 9.53 Å². The van der Waals surface area contributed by atoms with E-state index in [2.05, 4.69) is 5.32 Å². The van der Waals surface area contributed by atoms with E-state index >= 15 is 0 Å². The SMILES string of the molecule is CCOC(=O)/C(C#N)=C/Nc1cc(Cl)ccc1N(C)C. The fourth-order valence-corrected chi connectivity index (χ4v) is 1.68. The standard InChI is InChI=1S/C14H16ClN3O2/c1-4-20-14(19)10(8-16)9-17-12-7-11(15)5-6-13(12)18(2)3/h5-7,9,17H,4H2,1-3H3/b10-9+. The van der Waals surface area contributed by atoms with E-state index in [1.54, 1.807) is 25.1 Å². The smallest absolute Gasteiger partial charge is 0.350 e. The number of ether oxygens (including phenoxy) is 1. The average Bonchev–Trinajstić information content (AvgIpc) is 2.39. The summed E-state index contributed by atoms with van der Waals surface area (Å²) >= 11 is 5.95. The van der Waals surface area contributed by atoms with Gasteiger partial charge in [0.2, 0.25) is 0 Å². The van der Waals surface area contributed by atoms with E-state index in [0.717, 1.165) is 5.69 Å². The number of nitrogens with zero attached hydrogens (tertiary/aromatic N) is 2. The first kappa shape index (κ1) is 15.9. The minimum atomic E-state index is -0.657. The van der Waals surface area contributed by atoms with Gasteiger partial charge in [-0.3, -0.25) is 0 Å². The molecule has 6 heteroatoms. The molecular weight excluding hydrogens is 278 g/mol. The maximum absolute atomic E-state index is 11.5. The summed E-state index contributed by atoms with van der Waals surface area (Å²) in [4.78, 5) is 13.4. The molecule has 0 aliphatic carbocycles. The van der Waals surface area contributed by atoms with Crippen molar-refractivity contribution in [2.75, 3.05) is 30.9 Å². The molecule has 0 aromatic heterocycles. The predicted molar refractivity (Wildman–Crippen MR) is 79.7 cm³/mol. The van der Waals surface area contributed by atoms with Gasteiger partial charge in [-0.25, -0.2) is 4.79 Å². The van der Waals surface area contributed by atoms with Crippen LogP contribution in [-0.4, -0.2) is 26.7 Å². The van der Waals surface area contributed by atoms with Crippen molar-refractivity contribution in [3.8, 4) is 6.07 Å². The number of halogens is 1. The van der Waals surface area contributed by atoms with Crippen LogP contribution < -0.4 is 10.2 Å². The van der Waals surface area contributed by atoms with Crippen molar-refractivity contribution >= 4 is 28.9 Å². The van der Waals surface area contributed by atoms with Gasteiger partial charge in [0.1, 0.15) is 6.07 Å². The van der Waals surface area contributed by atoms with Crippen LogP contribution in [0.3, 0.4) is 0 Å². The number of hydrogen-bond donors (Lipinski definition) is 1. The Kier molecular flexibility index (Phi) is 5.88.